The molecule has 1 aromatic heterocycles. The van der Waals surface area contributed by atoms with Crippen LogP contribution in [0.1, 0.15) is 44.4 Å². The fraction of sp³-hybridized carbons (Fsp3) is 0.727. The summed E-state index contributed by atoms with van der Waals surface area (Å²) in [5, 5.41) is 11.1. The first-order chi connectivity index (χ1) is 8.13. The van der Waals surface area contributed by atoms with Crippen LogP contribution in [0.15, 0.2) is 0 Å². The van der Waals surface area contributed by atoms with E-state index in [1.165, 1.54) is 0 Å². The van der Waals surface area contributed by atoms with Gasteiger partial charge in [0, 0.05) is 13.0 Å². The summed E-state index contributed by atoms with van der Waals surface area (Å²) in [6.45, 7) is 4.75. The zero-order valence-corrected chi connectivity index (χ0v) is 10.3. The van der Waals surface area contributed by atoms with Gasteiger partial charge in [-0.25, -0.2) is 0 Å². The molecule has 2 rings (SSSR count). The first kappa shape index (κ1) is 12.0. The van der Waals surface area contributed by atoms with Gasteiger partial charge in [0.2, 0.25) is 5.91 Å². The number of hydrogen-bond acceptors (Lipinski definition) is 4. The number of nitrogens with two attached hydrogens (primary N) is 1. The molecule has 0 bridgehead atoms. The number of nitrogens with zero attached hydrogens (tertiary/aromatic N) is 3. The summed E-state index contributed by atoms with van der Waals surface area (Å²) >= 11 is 0. The largest absolute Gasteiger partial charge is 0.345 e. The number of aromatic nitrogens is 3. The third-order valence-electron chi connectivity index (χ3n) is 3.16. The topological polar surface area (TPSA) is 85.8 Å². The normalized spacial score (nSPS) is 17.6. The Bertz CT molecular complexity index is 414. The molecule has 1 aliphatic heterocycles. The molecule has 17 heavy (non-hydrogen) atoms. The highest BCUT2D eigenvalue weighted by atomic mass is 16.2. The maximum absolute atomic E-state index is 11.7. The fourth-order valence-electron chi connectivity index (χ4n) is 2.06. The Kier molecular flexibility index (Phi) is 3.42. The maximum atomic E-state index is 11.7. The minimum Gasteiger partial charge on any atom is -0.345 e. The molecule has 1 amide bonds. The van der Waals surface area contributed by atoms with Crippen LogP contribution in [-0.2, 0) is 17.8 Å². The summed E-state index contributed by atoms with van der Waals surface area (Å²) in [5.74, 6) is 1.71. The number of carbonyl (C=O) groups excluding carboxylic acids is 1. The Balaban J connectivity index is 2.05. The van der Waals surface area contributed by atoms with E-state index < -0.39 is 6.04 Å². The molecule has 0 radical (unpaired) electrons. The lowest BCUT2D eigenvalue weighted by Gasteiger charge is -2.16. The van der Waals surface area contributed by atoms with Crippen LogP contribution in [0.4, 0.5) is 0 Å². The molecule has 0 aromatic carbocycles. The average molecular weight is 237 g/mol. The van der Waals surface area contributed by atoms with Crippen molar-refractivity contribution in [1.82, 2.24) is 20.1 Å². The SMILES string of the molecule is CC[C@H](N)C(=O)NC(C)c1nnc2n1CCC2. The smallest absolute Gasteiger partial charge is 0.237 e. The van der Waals surface area contributed by atoms with Gasteiger partial charge in [-0.05, 0) is 19.8 Å². The van der Waals surface area contributed by atoms with Gasteiger partial charge in [0.15, 0.2) is 5.82 Å². The number of carbonyl (C=O) groups is 1. The lowest BCUT2D eigenvalue weighted by atomic mass is 10.2. The first-order valence-corrected chi connectivity index (χ1v) is 6.11. The van der Waals surface area contributed by atoms with Crippen molar-refractivity contribution in [3.63, 3.8) is 0 Å². The molecule has 2 heterocycles. The molecule has 0 saturated carbocycles. The molecular weight excluding hydrogens is 218 g/mol. The summed E-state index contributed by atoms with van der Waals surface area (Å²) in [7, 11) is 0. The van der Waals surface area contributed by atoms with E-state index in [0.29, 0.717) is 6.42 Å². The lowest BCUT2D eigenvalue weighted by Crippen LogP contribution is -2.41. The Labute approximate surface area is 101 Å². The number of rotatable bonds is 4. The van der Waals surface area contributed by atoms with Crippen LogP contribution in [0.2, 0.25) is 0 Å². The van der Waals surface area contributed by atoms with Crippen molar-refractivity contribution < 1.29 is 4.79 Å². The van der Waals surface area contributed by atoms with Gasteiger partial charge in [-0.3, -0.25) is 4.79 Å². The molecule has 1 unspecified atom stereocenters. The number of nitrogens with one attached hydrogen (secondary N) is 1. The predicted molar refractivity (Wildman–Crippen MR) is 63.2 cm³/mol. The molecule has 0 spiro atoms. The lowest BCUT2D eigenvalue weighted by molar-refractivity contribution is -0.123. The molecule has 2 atom stereocenters. The first-order valence-electron chi connectivity index (χ1n) is 6.11. The van der Waals surface area contributed by atoms with E-state index in [1.807, 2.05) is 13.8 Å². The standard InChI is InChI=1S/C11H19N5O/c1-3-8(12)11(17)13-7(2)10-15-14-9-5-4-6-16(9)10/h7-8H,3-6,12H2,1-2H3,(H,13,17)/t7?,8-/m0/s1. The second-order valence-electron chi connectivity index (χ2n) is 4.47. The zero-order valence-electron chi connectivity index (χ0n) is 10.3. The molecular formula is C11H19N5O. The predicted octanol–water partition coefficient (Wildman–Crippen LogP) is 0.139. The van der Waals surface area contributed by atoms with Crippen molar-refractivity contribution in [2.45, 2.75) is 51.7 Å². The second kappa shape index (κ2) is 4.83. The number of hydrogen-bond donors (Lipinski definition) is 2. The van der Waals surface area contributed by atoms with Crippen LogP contribution in [0.5, 0.6) is 0 Å². The van der Waals surface area contributed by atoms with E-state index in [2.05, 4.69) is 20.1 Å². The summed E-state index contributed by atoms with van der Waals surface area (Å²) in [6, 6.07) is -0.585. The summed E-state index contributed by atoms with van der Waals surface area (Å²) in [4.78, 5) is 11.7. The van der Waals surface area contributed by atoms with Crippen molar-refractivity contribution >= 4 is 5.91 Å². The highest BCUT2D eigenvalue weighted by Gasteiger charge is 2.23. The van der Waals surface area contributed by atoms with Gasteiger partial charge < -0.3 is 15.6 Å². The molecule has 0 fully saturated rings. The minimum absolute atomic E-state index is 0.129. The summed E-state index contributed by atoms with van der Waals surface area (Å²) in [5.41, 5.74) is 5.68. The molecule has 1 aliphatic rings. The highest BCUT2D eigenvalue weighted by Crippen LogP contribution is 2.18. The van der Waals surface area contributed by atoms with Crippen LogP contribution in [0.3, 0.4) is 0 Å². The minimum atomic E-state index is -0.446. The highest BCUT2D eigenvalue weighted by molar-refractivity contribution is 5.81. The molecule has 6 heteroatoms. The molecule has 1 aromatic rings. The van der Waals surface area contributed by atoms with E-state index in [-0.39, 0.29) is 11.9 Å². The van der Waals surface area contributed by atoms with E-state index in [4.69, 9.17) is 5.73 Å². The summed E-state index contributed by atoms with van der Waals surface area (Å²) < 4.78 is 2.09. The van der Waals surface area contributed by atoms with Crippen LogP contribution < -0.4 is 11.1 Å². The van der Waals surface area contributed by atoms with Crippen LogP contribution >= 0.6 is 0 Å². The van der Waals surface area contributed by atoms with Crippen molar-refractivity contribution in [3.8, 4) is 0 Å². The van der Waals surface area contributed by atoms with Gasteiger partial charge in [0.05, 0.1) is 12.1 Å². The third kappa shape index (κ3) is 2.31. The van der Waals surface area contributed by atoms with Gasteiger partial charge in [-0.2, -0.15) is 0 Å². The number of amides is 1. The van der Waals surface area contributed by atoms with Gasteiger partial charge in [0.25, 0.3) is 0 Å². The molecule has 6 nitrogen and oxygen atoms in total. The van der Waals surface area contributed by atoms with Gasteiger partial charge in [0.1, 0.15) is 5.82 Å². The monoisotopic (exact) mass is 237 g/mol. The van der Waals surface area contributed by atoms with Crippen LogP contribution in [0, 0.1) is 0 Å². The Hall–Kier alpha value is -1.43. The van der Waals surface area contributed by atoms with E-state index in [9.17, 15) is 4.79 Å². The molecule has 94 valence electrons. The van der Waals surface area contributed by atoms with Crippen molar-refractivity contribution in [2.75, 3.05) is 0 Å². The zero-order chi connectivity index (χ0) is 12.4. The van der Waals surface area contributed by atoms with Crippen molar-refractivity contribution in [3.05, 3.63) is 11.6 Å². The molecule has 0 saturated heterocycles. The van der Waals surface area contributed by atoms with Gasteiger partial charge >= 0.3 is 0 Å². The van der Waals surface area contributed by atoms with Gasteiger partial charge in [-0.1, -0.05) is 6.92 Å². The van der Waals surface area contributed by atoms with Crippen molar-refractivity contribution in [1.29, 1.82) is 0 Å². The number of fused-ring (bicyclic) bond motifs is 1. The van der Waals surface area contributed by atoms with Crippen molar-refractivity contribution in [2.24, 2.45) is 5.73 Å². The Morgan fingerprint density at radius 3 is 3.06 bits per heavy atom. The van der Waals surface area contributed by atoms with E-state index >= 15 is 0 Å². The summed E-state index contributed by atoms with van der Waals surface area (Å²) in [6.07, 6.45) is 2.71. The second-order valence-corrected chi connectivity index (χ2v) is 4.47. The average Bonchev–Trinajstić information content (AvgIpc) is 2.88. The van der Waals surface area contributed by atoms with Gasteiger partial charge in [-0.15, -0.1) is 10.2 Å². The third-order valence-corrected chi connectivity index (χ3v) is 3.16. The Morgan fingerprint density at radius 2 is 2.35 bits per heavy atom. The maximum Gasteiger partial charge on any atom is 0.237 e. The van der Waals surface area contributed by atoms with E-state index in [1.54, 1.807) is 0 Å². The fourth-order valence-corrected chi connectivity index (χ4v) is 2.06. The quantitative estimate of drug-likeness (QED) is 0.780. The molecule has 0 aliphatic carbocycles. The van der Waals surface area contributed by atoms with E-state index in [0.717, 1.165) is 31.0 Å². The Morgan fingerprint density at radius 1 is 1.59 bits per heavy atom. The van der Waals surface area contributed by atoms with Crippen LogP contribution in [0.25, 0.3) is 0 Å². The molecule has 3 N–H and O–H groups in total. The number of aryl methyl sites for hydroxylation is 1. The van der Waals surface area contributed by atoms with Crippen LogP contribution in [-0.4, -0.2) is 26.7 Å².